The Morgan fingerprint density at radius 2 is 1.70 bits per heavy atom. The number of aliphatic hydroxyl groups is 2. The number of pyridine rings is 1. The Morgan fingerprint density at radius 3 is 2.45 bits per heavy atom. The second kappa shape index (κ2) is 18.9. The van der Waals surface area contributed by atoms with E-state index in [9.17, 15) is 10.4 Å². The molecule has 53 heavy (non-hydrogen) atoms. The quantitative estimate of drug-likeness (QED) is 0.0831. The number of nitriles is 1. The number of rotatable bonds is 19. The number of aromatic nitrogens is 5. The summed E-state index contributed by atoms with van der Waals surface area (Å²) in [6, 6.07) is 20.2. The molecule has 0 aliphatic carbocycles. The third kappa shape index (κ3) is 10.4. The maximum Gasteiger partial charge on any atom is 0.191 e. The van der Waals surface area contributed by atoms with Crippen LogP contribution in [0.3, 0.4) is 0 Å². The lowest BCUT2D eigenvalue weighted by Crippen LogP contribution is -2.30. The SMILES string of the molecule is Cc1cc(CN(C)C(C)c2nn[nH]n2)c(OCc2cncc(C#N)c2)cc1OCc1cccc(-c2cccc(OCCCNC[C@H](O)CO)c2C)c1C. The van der Waals surface area contributed by atoms with Crippen LogP contribution >= 0.6 is 0 Å². The number of hydrogen-bond acceptors (Lipinski definition) is 12. The van der Waals surface area contributed by atoms with Gasteiger partial charge in [0.2, 0.25) is 0 Å². The minimum Gasteiger partial charge on any atom is -0.493 e. The molecule has 0 radical (unpaired) electrons. The van der Waals surface area contributed by atoms with Crippen molar-refractivity contribution in [1.82, 2.24) is 35.8 Å². The number of nitrogens with one attached hydrogen (secondary N) is 2. The summed E-state index contributed by atoms with van der Waals surface area (Å²) in [5.41, 5.74) is 8.63. The van der Waals surface area contributed by atoms with Crippen LogP contribution in [-0.2, 0) is 19.8 Å². The molecule has 4 N–H and O–H groups in total. The van der Waals surface area contributed by atoms with Crippen molar-refractivity contribution < 1.29 is 24.4 Å². The lowest BCUT2D eigenvalue weighted by Gasteiger charge is -2.24. The predicted octanol–water partition coefficient (Wildman–Crippen LogP) is 5.12. The molecule has 5 rings (SSSR count). The minimum absolute atomic E-state index is 0.0959. The lowest BCUT2D eigenvalue weighted by molar-refractivity contribution is 0.0942. The minimum atomic E-state index is -0.755. The van der Waals surface area contributed by atoms with E-state index in [2.05, 4.69) is 86.1 Å². The van der Waals surface area contributed by atoms with Crippen molar-refractivity contribution in [2.45, 2.75) is 66.0 Å². The van der Waals surface area contributed by atoms with Crippen LogP contribution in [0.4, 0.5) is 0 Å². The molecule has 3 aromatic carbocycles. The molecule has 13 heteroatoms. The molecule has 5 aromatic rings. The number of aryl methyl sites for hydroxylation is 1. The normalized spacial score (nSPS) is 12.4. The van der Waals surface area contributed by atoms with E-state index in [1.54, 1.807) is 12.3 Å². The zero-order valence-electron chi connectivity index (χ0n) is 31.0. The first-order valence-corrected chi connectivity index (χ1v) is 17.7. The van der Waals surface area contributed by atoms with Crippen molar-refractivity contribution in [3.8, 4) is 34.4 Å². The molecular formula is C40H48N8O5. The number of benzene rings is 3. The Labute approximate surface area is 310 Å². The summed E-state index contributed by atoms with van der Waals surface area (Å²) in [5.74, 6) is 2.79. The molecule has 0 fully saturated rings. The highest BCUT2D eigenvalue weighted by Crippen LogP contribution is 2.35. The first-order valence-electron chi connectivity index (χ1n) is 17.7. The van der Waals surface area contributed by atoms with Crippen molar-refractivity contribution in [3.05, 3.63) is 112 Å². The molecular weight excluding hydrogens is 672 g/mol. The summed E-state index contributed by atoms with van der Waals surface area (Å²) in [6.07, 6.45) is 3.24. The zero-order chi connectivity index (χ0) is 37.7. The van der Waals surface area contributed by atoms with Gasteiger partial charge in [0.05, 0.1) is 30.9 Å². The highest BCUT2D eigenvalue weighted by atomic mass is 16.5. The van der Waals surface area contributed by atoms with E-state index in [4.69, 9.17) is 19.3 Å². The van der Waals surface area contributed by atoms with Crippen molar-refractivity contribution >= 4 is 0 Å². The van der Waals surface area contributed by atoms with Crippen molar-refractivity contribution in [3.63, 3.8) is 0 Å². The first kappa shape index (κ1) is 38.8. The number of hydrogen-bond donors (Lipinski definition) is 4. The van der Waals surface area contributed by atoms with E-state index in [0.717, 1.165) is 56.7 Å². The van der Waals surface area contributed by atoms with Gasteiger partial charge in [0.15, 0.2) is 5.82 Å². The Bertz CT molecular complexity index is 1980. The van der Waals surface area contributed by atoms with Gasteiger partial charge in [-0.3, -0.25) is 9.88 Å². The second-order valence-corrected chi connectivity index (χ2v) is 13.1. The van der Waals surface area contributed by atoms with Crippen LogP contribution in [0.1, 0.15) is 64.2 Å². The van der Waals surface area contributed by atoms with Gasteiger partial charge in [0.25, 0.3) is 0 Å². The van der Waals surface area contributed by atoms with Gasteiger partial charge in [0, 0.05) is 42.7 Å². The van der Waals surface area contributed by atoms with Crippen LogP contribution in [0.15, 0.2) is 67.0 Å². The number of aromatic amines is 1. The molecule has 13 nitrogen and oxygen atoms in total. The van der Waals surface area contributed by atoms with Crippen molar-refractivity contribution in [2.24, 2.45) is 0 Å². The summed E-state index contributed by atoms with van der Waals surface area (Å²) in [6.45, 7) is 10.7. The monoisotopic (exact) mass is 720 g/mol. The van der Waals surface area contributed by atoms with Gasteiger partial charge >= 0.3 is 0 Å². The third-order valence-electron chi connectivity index (χ3n) is 9.24. The number of tetrazole rings is 1. The molecule has 0 aliphatic heterocycles. The zero-order valence-corrected chi connectivity index (χ0v) is 31.0. The molecule has 0 saturated carbocycles. The predicted molar refractivity (Wildman–Crippen MR) is 200 cm³/mol. The topological polar surface area (TPSA) is 175 Å². The van der Waals surface area contributed by atoms with E-state index < -0.39 is 6.10 Å². The van der Waals surface area contributed by atoms with Gasteiger partial charge in [0.1, 0.15) is 36.5 Å². The van der Waals surface area contributed by atoms with Gasteiger partial charge in [-0.25, -0.2) is 0 Å². The maximum absolute atomic E-state index is 9.50. The largest absolute Gasteiger partial charge is 0.493 e. The highest BCUT2D eigenvalue weighted by Gasteiger charge is 2.20. The van der Waals surface area contributed by atoms with Gasteiger partial charge < -0.3 is 29.7 Å². The fourth-order valence-corrected chi connectivity index (χ4v) is 5.94. The molecule has 0 saturated heterocycles. The first-order chi connectivity index (χ1) is 25.7. The molecule has 0 bridgehead atoms. The van der Waals surface area contributed by atoms with E-state index in [1.165, 1.54) is 6.20 Å². The highest BCUT2D eigenvalue weighted by molar-refractivity contribution is 5.73. The van der Waals surface area contributed by atoms with E-state index in [0.29, 0.717) is 55.7 Å². The molecule has 2 atom stereocenters. The third-order valence-corrected chi connectivity index (χ3v) is 9.24. The molecule has 2 heterocycles. The Morgan fingerprint density at radius 1 is 0.925 bits per heavy atom. The van der Waals surface area contributed by atoms with Crippen LogP contribution in [-0.4, -0.2) is 80.2 Å². The fraction of sp³-hybridized carbons (Fsp3) is 0.375. The summed E-state index contributed by atoms with van der Waals surface area (Å²) >= 11 is 0. The van der Waals surface area contributed by atoms with Crippen LogP contribution in [0.2, 0.25) is 0 Å². The second-order valence-electron chi connectivity index (χ2n) is 13.1. The van der Waals surface area contributed by atoms with E-state index in [1.807, 2.05) is 39.1 Å². The maximum atomic E-state index is 9.50. The number of ether oxygens (including phenoxy) is 3. The molecule has 2 aromatic heterocycles. The Kier molecular flexibility index (Phi) is 13.9. The average molecular weight is 721 g/mol. The van der Waals surface area contributed by atoms with Gasteiger partial charge in [-0.05, 0) is 99.3 Å². The lowest BCUT2D eigenvalue weighted by atomic mass is 9.93. The van der Waals surface area contributed by atoms with E-state index in [-0.39, 0.29) is 19.3 Å². The molecule has 0 amide bonds. The molecule has 1 unspecified atom stereocenters. The molecule has 0 aliphatic rings. The number of H-pyrrole nitrogens is 1. The van der Waals surface area contributed by atoms with E-state index >= 15 is 0 Å². The van der Waals surface area contributed by atoms with Crippen molar-refractivity contribution in [1.29, 1.82) is 5.26 Å². The van der Waals surface area contributed by atoms with Crippen LogP contribution < -0.4 is 19.5 Å². The van der Waals surface area contributed by atoms with Crippen LogP contribution in [0.5, 0.6) is 17.2 Å². The smallest absolute Gasteiger partial charge is 0.191 e. The van der Waals surface area contributed by atoms with Crippen molar-refractivity contribution in [2.75, 3.05) is 33.4 Å². The Hall–Kier alpha value is -5.39. The molecule has 0 spiro atoms. The number of aliphatic hydroxyl groups excluding tert-OH is 2. The number of nitrogens with zero attached hydrogens (tertiary/aromatic N) is 6. The summed E-state index contributed by atoms with van der Waals surface area (Å²) < 4.78 is 19.0. The van der Waals surface area contributed by atoms with Crippen LogP contribution in [0.25, 0.3) is 11.1 Å². The fourth-order valence-electron chi connectivity index (χ4n) is 5.94. The standard InChI is InChI=1S/C40H48N8O5/c1-26-15-33(22-48(5)29(4)40-44-46-47-45-40)39(52-24-31-16-30(18-41)19-43-20-31)17-38(26)53-25-32-9-6-10-35(27(32)2)36-11-7-12-37(28(36)3)51-14-8-13-42-21-34(50)23-49/h6-7,9-12,15-17,19-20,29,34,42,49-50H,8,13-14,21-25H2,1-5H3,(H,44,45,46,47)/t29?,34-/m0/s1. The molecule has 278 valence electrons. The average Bonchev–Trinajstić information content (AvgIpc) is 3.71. The summed E-state index contributed by atoms with van der Waals surface area (Å²) in [7, 11) is 2.00. The van der Waals surface area contributed by atoms with Gasteiger partial charge in [-0.15, -0.1) is 10.2 Å². The van der Waals surface area contributed by atoms with Gasteiger partial charge in [-0.1, -0.05) is 35.5 Å². The summed E-state index contributed by atoms with van der Waals surface area (Å²) in [4.78, 5) is 6.30. The summed E-state index contributed by atoms with van der Waals surface area (Å²) in [5, 5.41) is 45.5. The Balaban J connectivity index is 1.32. The van der Waals surface area contributed by atoms with Crippen LogP contribution in [0, 0.1) is 32.1 Å². The van der Waals surface area contributed by atoms with Gasteiger partial charge in [-0.2, -0.15) is 10.5 Å².